The first-order chi connectivity index (χ1) is 5.38. The molecule has 1 aliphatic heterocycles. The van der Waals surface area contributed by atoms with Crippen LogP contribution in [0, 0.1) is 17.8 Å². The smallest absolute Gasteiger partial charge is 0.0502 e. The summed E-state index contributed by atoms with van der Waals surface area (Å²) >= 11 is 0. The molecule has 62 valence electrons. The van der Waals surface area contributed by atoms with Crippen molar-refractivity contribution in [3.05, 3.63) is 12.2 Å². The third kappa shape index (κ3) is 1.34. The Hall–Kier alpha value is -0.300. The summed E-state index contributed by atoms with van der Waals surface area (Å²) in [4.78, 5) is 0. The maximum Gasteiger partial charge on any atom is 0.0502 e. The average molecular weight is 152 g/mol. The van der Waals surface area contributed by atoms with E-state index >= 15 is 0 Å². The van der Waals surface area contributed by atoms with Crippen LogP contribution >= 0.6 is 0 Å². The van der Waals surface area contributed by atoms with Gasteiger partial charge in [0.05, 0.1) is 6.61 Å². The molecule has 0 aromatic rings. The lowest BCUT2D eigenvalue weighted by atomic mass is 9.75. The van der Waals surface area contributed by atoms with E-state index in [1.54, 1.807) is 0 Å². The molecule has 0 saturated carbocycles. The number of fused-ring (bicyclic) bond motifs is 1. The minimum atomic E-state index is 0.814. The number of allylic oxidation sites excluding steroid dienone is 2. The average Bonchev–Trinajstić information content (AvgIpc) is 2.06. The van der Waals surface area contributed by atoms with Crippen LogP contribution in [0.15, 0.2) is 12.2 Å². The minimum absolute atomic E-state index is 0.814. The van der Waals surface area contributed by atoms with Gasteiger partial charge in [0.1, 0.15) is 0 Å². The van der Waals surface area contributed by atoms with Crippen LogP contribution in [0.1, 0.15) is 19.8 Å². The summed E-state index contributed by atoms with van der Waals surface area (Å²) in [6.07, 6.45) is 7.24. The molecular weight excluding hydrogens is 136 g/mol. The van der Waals surface area contributed by atoms with Crippen molar-refractivity contribution in [1.29, 1.82) is 0 Å². The Morgan fingerprint density at radius 2 is 2.36 bits per heavy atom. The second kappa shape index (κ2) is 2.98. The van der Waals surface area contributed by atoms with Gasteiger partial charge in [-0.1, -0.05) is 19.1 Å². The molecule has 11 heavy (non-hydrogen) atoms. The maximum absolute atomic E-state index is 5.48. The van der Waals surface area contributed by atoms with Gasteiger partial charge in [-0.05, 0) is 30.6 Å². The molecule has 0 amide bonds. The fourth-order valence-corrected chi connectivity index (χ4v) is 2.24. The van der Waals surface area contributed by atoms with E-state index in [1.807, 2.05) is 0 Å². The zero-order valence-corrected chi connectivity index (χ0v) is 7.12. The van der Waals surface area contributed by atoms with E-state index in [-0.39, 0.29) is 0 Å². The van der Waals surface area contributed by atoms with Gasteiger partial charge in [-0.15, -0.1) is 0 Å². The summed E-state index contributed by atoms with van der Waals surface area (Å²) in [7, 11) is 0. The van der Waals surface area contributed by atoms with E-state index in [0.717, 1.165) is 31.0 Å². The number of hydrogen-bond acceptors (Lipinski definition) is 1. The van der Waals surface area contributed by atoms with Gasteiger partial charge >= 0.3 is 0 Å². The van der Waals surface area contributed by atoms with Crippen LogP contribution in [0.5, 0.6) is 0 Å². The van der Waals surface area contributed by atoms with Crippen molar-refractivity contribution < 1.29 is 4.74 Å². The first-order valence-electron chi connectivity index (χ1n) is 4.62. The van der Waals surface area contributed by atoms with Crippen molar-refractivity contribution in [3.63, 3.8) is 0 Å². The Balaban J connectivity index is 2.09. The molecule has 0 spiro atoms. The van der Waals surface area contributed by atoms with Crippen LogP contribution in [0.25, 0.3) is 0 Å². The Morgan fingerprint density at radius 3 is 3.18 bits per heavy atom. The third-order valence-electron chi connectivity index (χ3n) is 3.08. The van der Waals surface area contributed by atoms with Gasteiger partial charge in [0.15, 0.2) is 0 Å². The van der Waals surface area contributed by atoms with Gasteiger partial charge in [0.25, 0.3) is 0 Å². The molecule has 3 unspecified atom stereocenters. The molecule has 0 N–H and O–H groups in total. The molecule has 1 fully saturated rings. The first kappa shape index (κ1) is 7.35. The fourth-order valence-electron chi connectivity index (χ4n) is 2.24. The van der Waals surface area contributed by atoms with E-state index in [1.165, 1.54) is 12.8 Å². The lowest BCUT2D eigenvalue weighted by Crippen LogP contribution is -2.32. The summed E-state index contributed by atoms with van der Waals surface area (Å²) < 4.78 is 5.48. The van der Waals surface area contributed by atoms with Crippen LogP contribution in [0.3, 0.4) is 0 Å². The van der Waals surface area contributed by atoms with E-state index < -0.39 is 0 Å². The van der Waals surface area contributed by atoms with Crippen LogP contribution in [0.2, 0.25) is 0 Å². The van der Waals surface area contributed by atoms with Crippen molar-refractivity contribution in [1.82, 2.24) is 0 Å². The van der Waals surface area contributed by atoms with E-state index in [2.05, 4.69) is 19.1 Å². The van der Waals surface area contributed by atoms with Crippen molar-refractivity contribution in [3.8, 4) is 0 Å². The Kier molecular flexibility index (Phi) is 1.99. The molecule has 1 saturated heterocycles. The van der Waals surface area contributed by atoms with Crippen molar-refractivity contribution in [2.75, 3.05) is 13.2 Å². The second-order valence-corrected chi connectivity index (χ2v) is 3.83. The van der Waals surface area contributed by atoms with Crippen molar-refractivity contribution in [2.24, 2.45) is 17.8 Å². The quantitative estimate of drug-likeness (QED) is 0.484. The summed E-state index contributed by atoms with van der Waals surface area (Å²) in [5.74, 6) is 2.48. The molecular formula is C10H16O. The lowest BCUT2D eigenvalue weighted by molar-refractivity contribution is 0.00613. The highest BCUT2D eigenvalue weighted by Crippen LogP contribution is 2.34. The molecule has 1 heterocycles. The molecule has 2 rings (SSSR count). The number of ether oxygens (including phenoxy) is 1. The van der Waals surface area contributed by atoms with Crippen molar-refractivity contribution >= 4 is 0 Å². The van der Waals surface area contributed by atoms with Crippen molar-refractivity contribution in [2.45, 2.75) is 19.8 Å². The topological polar surface area (TPSA) is 9.23 Å². The van der Waals surface area contributed by atoms with Gasteiger partial charge in [-0.2, -0.15) is 0 Å². The molecule has 0 radical (unpaired) electrons. The highest BCUT2D eigenvalue weighted by Gasteiger charge is 2.29. The normalized spacial score (nSPS) is 43.5. The van der Waals surface area contributed by atoms with Gasteiger partial charge in [-0.3, -0.25) is 0 Å². The fraction of sp³-hybridized carbons (Fsp3) is 0.800. The van der Waals surface area contributed by atoms with Gasteiger partial charge in [0.2, 0.25) is 0 Å². The molecule has 1 heteroatoms. The van der Waals surface area contributed by atoms with Gasteiger partial charge in [0, 0.05) is 6.61 Å². The summed E-state index contributed by atoms with van der Waals surface area (Å²) in [6.45, 7) is 4.31. The first-order valence-corrected chi connectivity index (χ1v) is 4.62. The third-order valence-corrected chi connectivity index (χ3v) is 3.08. The summed E-state index contributed by atoms with van der Waals surface area (Å²) in [5, 5.41) is 0. The monoisotopic (exact) mass is 152 g/mol. The van der Waals surface area contributed by atoms with Crippen LogP contribution < -0.4 is 0 Å². The Morgan fingerprint density at radius 1 is 1.45 bits per heavy atom. The summed E-state index contributed by atoms with van der Waals surface area (Å²) in [5.41, 5.74) is 0. The van der Waals surface area contributed by atoms with E-state index in [0.29, 0.717) is 0 Å². The molecule has 0 bridgehead atoms. The zero-order chi connectivity index (χ0) is 7.68. The molecule has 3 atom stereocenters. The zero-order valence-electron chi connectivity index (χ0n) is 7.12. The molecule has 0 aromatic carbocycles. The standard InChI is InChI=1S/C10H16O/c1-8-3-2-4-9-5-6-11-7-10(8)9/h2,4,8-10H,3,5-7H2,1H3. The van der Waals surface area contributed by atoms with Crippen LogP contribution in [-0.2, 0) is 4.74 Å². The largest absolute Gasteiger partial charge is 0.381 e. The van der Waals surface area contributed by atoms with Crippen LogP contribution in [0.4, 0.5) is 0 Å². The van der Waals surface area contributed by atoms with Gasteiger partial charge in [-0.25, -0.2) is 0 Å². The molecule has 0 aromatic heterocycles. The lowest BCUT2D eigenvalue weighted by Gasteiger charge is -2.36. The Bertz CT molecular complexity index is 162. The maximum atomic E-state index is 5.48. The summed E-state index contributed by atoms with van der Waals surface area (Å²) in [6, 6.07) is 0. The SMILES string of the molecule is CC1CC=CC2CCOCC12. The predicted octanol–water partition coefficient (Wildman–Crippen LogP) is 2.24. The predicted molar refractivity (Wildman–Crippen MR) is 45.3 cm³/mol. The molecule has 2 aliphatic rings. The van der Waals surface area contributed by atoms with E-state index in [4.69, 9.17) is 4.74 Å². The van der Waals surface area contributed by atoms with Crippen LogP contribution in [-0.4, -0.2) is 13.2 Å². The minimum Gasteiger partial charge on any atom is -0.381 e. The highest BCUT2D eigenvalue weighted by molar-refractivity contribution is 5.00. The highest BCUT2D eigenvalue weighted by atomic mass is 16.5. The number of rotatable bonds is 0. The Labute approximate surface area is 68.4 Å². The van der Waals surface area contributed by atoms with E-state index in [9.17, 15) is 0 Å². The van der Waals surface area contributed by atoms with Gasteiger partial charge < -0.3 is 4.74 Å². The second-order valence-electron chi connectivity index (χ2n) is 3.83. The molecule has 1 aliphatic carbocycles. The molecule has 1 nitrogen and oxygen atoms in total. The number of hydrogen-bond donors (Lipinski definition) is 0.